The smallest absolute Gasteiger partial charge is 0.231 e. The third kappa shape index (κ3) is 2.74. The second-order valence-electron chi connectivity index (χ2n) is 4.81. The van der Waals surface area contributed by atoms with E-state index in [2.05, 4.69) is 11.4 Å². The zero-order chi connectivity index (χ0) is 14.8. The molecule has 0 saturated heterocycles. The van der Waals surface area contributed by atoms with Crippen LogP contribution < -0.4 is 14.8 Å². The Morgan fingerprint density at radius 3 is 2.95 bits per heavy atom. The number of nitrogens with zero attached hydrogens (tertiary/aromatic N) is 1. The number of aryl methyl sites for hydroxylation is 1. The summed E-state index contributed by atoms with van der Waals surface area (Å²) >= 11 is 6.16. The molecule has 0 fully saturated rings. The van der Waals surface area contributed by atoms with E-state index in [1.165, 1.54) is 0 Å². The summed E-state index contributed by atoms with van der Waals surface area (Å²) < 4.78 is 10.6. The molecule has 0 bridgehead atoms. The van der Waals surface area contributed by atoms with Crippen LogP contribution in [0.15, 0.2) is 30.3 Å². The summed E-state index contributed by atoms with van der Waals surface area (Å²) in [6.45, 7) is 2.79. The van der Waals surface area contributed by atoms with Crippen molar-refractivity contribution in [1.82, 2.24) is 0 Å². The summed E-state index contributed by atoms with van der Waals surface area (Å²) in [4.78, 5) is 0. The number of rotatable bonds is 3. The van der Waals surface area contributed by atoms with E-state index in [1.807, 2.05) is 31.2 Å². The molecule has 4 nitrogen and oxygen atoms in total. The third-order valence-corrected chi connectivity index (χ3v) is 3.62. The molecule has 21 heavy (non-hydrogen) atoms. The van der Waals surface area contributed by atoms with Crippen LogP contribution in [0.25, 0.3) is 0 Å². The zero-order valence-electron chi connectivity index (χ0n) is 11.4. The highest BCUT2D eigenvalue weighted by Gasteiger charge is 2.18. The molecule has 0 atom stereocenters. The van der Waals surface area contributed by atoms with Crippen LogP contribution in [0.4, 0.5) is 5.69 Å². The van der Waals surface area contributed by atoms with E-state index in [-0.39, 0.29) is 6.79 Å². The van der Waals surface area contributed by atoms with Gasteiger partial charge in [-0.3, -0.25) is 0 Å². The highest BCUT2D eigenvalue weighted by Crippen LogP contribution is 2.39. The topological polar surface area (TPSA) is 54.3 Å². The molecular formula is C16H13ClN2O2. The molecule has 0 amide bonds. The van der Waals surface area contributed by atoms with Crippen molar-refractivity contribution in [1.29, 1.82) is 5.26 Å². The van der Waals surface area contributed by atoms with Crippen LogP contribution in [-0.4, -0.2) is 6.79 Å². The lowest BCUT2D eigenvalue weighted by molar-refractivity contribution is 0.174. The normalized spacial score (nSPS) is 12.0. The van der Waals surface area contributed by atoms with Gasteiger partial charge in [-0.1, -0.05) is 17.7 Å². The van der Waals surface area contributed by atoms with Gasteiger partial charge in [0.1, 0.15) is 0 Å². The molecule has 106 valence electrons. The molecular weight excluding hydrogens is 288 g/mol. The van der Waals surface area contributed by atoms with Gasteiger partial charge in [-0.05, 0) is 42.3 Å². The lowest BCUT2D eigenvalue weighted by Crippen LogP contribution is -2.01. The number of nitriles is 1. The monoisotopic (exact) mass is 300 g/mol. The summed E-state index contributed by atoms with van der Waals surface area (Å²) in [6, 6.07) is 11.5. The SMILES string of the molecule is Cc1ccc(C#N)cc1NCc1cc(Cl)c2c(c1)OCO2. The van der Waals surface area contributed by atoms with Crippen molar-refractivity contribution in [3.05, 3.63) is 52.0 Å². The van der Waals surface area contributed by atoms with Gasteiger partial charge in [-0.15, -0.1) is 0 Å². The van der Waals surface area contributed by atoms with Crippen LogP contribution in [-0.2, 0) is 6.54 Å². The first-order valence-corrected chi connectivity index (χ1v) is 6.88. The maximum absolute atomic E-state index is 8.95. The first-order valence-electron chi connectivity index (χ1n) is 6.50. The Morgan fingerprint density at radius 1 is 1.29 bits per heavy atom. The molecule has 0 saturated carbocycles. The molecule has 0 aromatic heterocycles. The first kappa shape index (κ1) is 13.6. The van der Waals surface area contributed by atoms with Gasteiger partial charge in [-0.2, -0.15) is 5.26 Å². The average Bonchev–Trinajstić information content (AvgIpc) is 2.95. The van der Waals surface area contributed by atoms with Crippen molar-refractivity contribution in [2.24, 2.45) is 0 Å². The van der Waals surface area contributed by atoms with Crippen LogP contribution in [0.2, 0.25) is 5.02 Å². The quantitative estimate of drug-likeness (QED) is 0.935. The van der Waals surface area contributed by atoms with Gasteiger partial charge in [0.15, 0.2) is 11.5 Å². The molecule has 1 aliphatic heterocycles. The number of hydrogen-bond acceptors (Lipinski definition) is 4. The van der Waals surface area contributed by atoms with E-state index in [4.69, 9.17) is 26.3 Å². The third-order valence-electron chi connectivity index (χ3n) is 3.34. The average molecular weight is 301 g/mol. The Hall–Kier alpha value is -2.38. The Kier molecular flexibility index (Phi) is 3.59. The Labute approximate surface area is 127 Å². The van der Waals surface area contributed by atoms with Gasteiger partial charge in [0.05, 0.1) is 16.7 Å². The fourth-order valence-corrected chi connectivity index (χ4v) is 2.49. The summed E-state index contributed by atoms with van der Waals surface area (Å²) in [5.74, 6) is 1.27. The van der Waals surface area contributed by atoms with Crippen molar-refractivity contribution >= 4 is 17.3 Å². The van der Waals surface area contributed by atoms with Gasteiger partial charge in [0, 0.05) is 12.2 Å². The van der Waals surface area contributed by atoms with Crippen molar-refractivity contribution in [3.63, 3.8) is 0 Å². The van der Waals surface area contributed by atoms with E-state index >= 15 is 0 Å². The van der Waals surface area contributed by atoms with Gasteiger partial charge in [-0.25, -0.2) is 0 Å². The summed E-state index contributed by atoms with van der Waals surface area (Å²) in [6.07, 6.45) is 0. The number of fused-ring (bicyclic) bond motifs is 1. The number of benzene rings is 2. The molecule has 2 aromatic carbocycles. The molecule has 1 N–H and O–H groups in total. The zero-order valence-corrected chi connectivity index (χ0v) is 12.2. The van der Waals surface area contributed by atoms with Gasteiger partial charge in [0.25, 0.3) is 0 Å². The molecule has 1 aliphatic rings. The Bertz CT molecular complexity index is 738. The largest absolute Gasteiger partial charge is 0.454 e. The predicted octanol–water partition coefficient (Wildman–Crippen LogP) is 3.86. The fourth-order valence-electron chi connectivity index (χ4n) is 2.20. The summed E-state index contributed by atoms with van der Waals surface area (Å²) in [5.41, 5.74) is 3.64. The summed E-state index contributed by atoms with van der Waals surface area (Å²) in [7, 11) is 0. The van der Waals surface area contributed by atoms with E-state index in [0.717, 1.165) is 16.8 Å². The molecule has 2 aromatic rings. The lowest BCUT2D eigenvalue weighted by atomic mass is 10.1. The maximum atomic E-state index is 8.95. The van der Waals surface area contributed by atoms with E-state index in [0.29, 0.717) is 28.6 Å². The second kappa shape index (κ2) is 5.55. The molecule has 5 heteroatoms. The van der Waals surface area contributed by atoms with Crippen LogP contribution in [0.1, 0.15) is 16.7 Å². The number of anilines is 1. The van der Waals surface area contributed by atoms with Crippen LogP contribution >= 0.6 is 11.6 Å². The van der Waals surface area contributed by atoms with Crippen molar-refractivity contribution in [3.8, 4) is 17.6 Å². The number of halogens is 1. The number of ether oxygens (including phenoxy) is 2. The highest BCUT2D eigenvalue weighted by atomic mass is 35.5. The summed E-state index contributed by atoms with van der Waals surface area (Å²) in [5, 5.41) is 12.8. The highest BCUT2D eigenvalue weighted by molar-refractivity contribution is 6.32. The van der Waals surface area contributed by atoms with E-state index in [9.17, 15) is 0 Å². The fraction of sp³-hybridized carbons (Fsp3) is 0.188. The first-order chi connectivity index (χ1) is 10.2. The standard InChI is InChI=1S/C16H13ClN2O2/c1-10-2-3-11(7-18)5-14(10)19-8-12-4-13(17)16-15(6-12)20-9-21-16/h2-6,19H,8-9H2,1H3. The minimum atomic E-state index is 0.204. The number of nitrogens with one attached hydrogen (secondary N) is 1. The maximum Gasteiger partial charge on any atom is 0.231 e. The molecule has 0 radical (unpaired) electrons. The predicted molar refractivity (Wildman–Crippen MR) is 80.8 cm³/mol. The van der Waals surface area contributed by atoms with Gasteiger partial charge < -0.3 is 14.8 Å². The van der Waals surface area contributed by atoms with E-state index < -0.39 is 0 Å². The second-order valence-corrected chi connectivity index (χ2v) is 5.21. The Morgan fingerprint density at radius 2 is 2.14 bits per heavy atom. The van der Waals surface area contributed by atoms with Crippen molar-refractivity contribution in [2.75, 3.05) is 12.1 Å². The Balaban J connectivity index is 1.80. The number of hydrogen-bond donors (Lipinski definition) is 1. The van der Waals surface area contributed by atoms with E-state index in [1.54, 1.807) is 6.07 Å². The molecule has 0 aliphatic carbocycles. The molecule has 3 rings (SSSR count). The molecule has 1 heterocycles. The van der Waals surface area contributed by atoms with Crippen LogP contribution in [0, 0.1) is 18.3 Å². The van der Waals surface area contributed by atoms with Gasteiger partial charge >= 0.3 is 0 Å². The minimum absolute atomic E-state index is 0.204. The minimum Gasteiger partial charge on any atom is -0.454 e. The van der Waals surface area contributed by atoms with Crippen LogP contribution in [0.5, 0.6) is 11.5 Å². The van der Waals surface area contributed by atoms with Crippen molar-refractivity contribution in [2.45, 2.75) is 13.5 Å². The van der Waals surface area contributed by atoms with Gasteiger partial charge in [0.2, 0.25) is 6.79 Å². The molecule has 0 unspecified atom stereocenters. The van der Waals surface area contributed by atoms with Crippen molar-refractivity contribution < 1.29 is 9.47 Å². The van der Waals surface area contributed by atoms with Crippen LogP contribution in [0.3, 0.4) is 0 Å². The molecule has 0 spiro atoms. The lowest BCUT2D eigenvalue weighted by Gasteiger charge is -2.11.